The molecule has 0 atom stereocenters. The van der Waals surface area contributed by atoms with Gasteiger partial charge in [-0.25, -0.2) is 22.0 Å². The maximum atomic E-state index is 14.6. The Labute approximate surface area is 215 Å². The van der Waals surface area contributed by atoms with E-state index >= 15 is 0 Å². The van der Waals surface area contributed by atoms with Gasteiger partial charge in [0.2, 0.25) is 5.75 Å². The minimum absolute atomic E-state index is 0.325. The lowest BCUT2D eigenvalue weighted by Crippen LogP contribution is -2.23. The first-order chi connectivity index (χ1) is 18.2. The molecular weight excluding hydrogens is 546 g/mol. The number of allylic oxidation sites excluding steroid dienone is 2. The van der Waals surface area contributed by atoms with Gasteiger partial charge in [0.05, 0.1) is 11.1 Å². The second kappa shape index (κ2) is 11.7. The average molecular weight is 562 g/mol. The Balaban J connectivity index is 1.83. The van der Waals surface area contributed by atoms with Crippen LogP contribution in [0.4, 0.5) is 43.9 Å². The average Bonchev–Trinajstić information content (AvgIpc) is 2.80. The Morgan fingerprint density at radius 3 is 1.90 bits per heavy atom. The monoisotopic (exact) mass is 562 g/mol. The molecule has 206 valence electrons. The zero-order chi connectivity index (χ0) is 29.0. The smallest absolute Gasteiger partial charge is 0.429 e. The first-order valence-corrected chi connectivity index (χ1v) is 10.9. The van der Waals surface area contributed by atoms with E-state index in [0.717, 1.165) is 12.1 Å². The molecule has 0 radical (unpaired) electrons. The van der Waals surface area contributed by atoms with Crippen LogP contribution in [0.1, 0.15) is 35.6 Å². The molecule has 0 bridgehead atoms. The molecule has 0 saturated heterocycles. The van der Waals surface area contributed by atoms with Crippen molar-refractivity contribution < 1.29 is 53.4 Å². The van der Waals surface area contributed by atoms with Gasteiger partial charge in [-0.2, -0.15) is 8.78 Å². The molecule has 0 aliphatic heterocycles. The second-order valence-electron chi connectivity index (χ2n) is 7.87. The number of aryl methyl sites for hydroxylation is 1. The van der Waals surface area contributed by atoms with Crippen LogP contribution in [-0.4, -0.2) is 6.36 Å². The lowest BCUT2D eigenvalue weighted by atomic mass is 10.1. The van der Waals surface area contributed by atoms with Crippen LogP contribution >= 0.6 is 0 Å². The van der Waals surface area contributed by atoms with Crippen molar-refractivity contribution in [3.05, 3.63) is 106 Å². The van der Waals surface area contributed by atoms with Crippen LogP contribution in [0, 0.1) is 40.9 Å². The molecule has 0 aliphatic carbocycles. The standard InChI is InChI=1S/C27H16F10O2/c1-2-3-4-5-15-7-9-19(22(30)10-15)26(33,34)38-17-13-20(28)18(21(29)14-17)8-6-16-11-23(31)25(24(32)12-16)39-27(35,36)37/h2-3,7,9-14H,4-5H2,1H3/b3-2+. The lowest BCUT2D eigenvalue weighted by Gasteiger charge is -2.19. The maximum absolute atomic E-state index is 14.6. The van der Waals surface area contributed by atoms with Crippen molar-refractivity contribution in [2.75, 3.05) is 0 Å². The predicted molar refractivity (Wildman–Crippen MR) is 119 cm³/mol. The summed E-state index contributed by atoms with van der Waals surface area (Å²) in [5, 5.41) is 0. The van der Waals surface area contributed by atoms with Crippen LogP contribution in [-0.2, 0) is 12.5 Å². The van der Waals surface area contributed by atoms with Crippen molar-refractivity contribution in [1.82, 2.24) is 0 Å². The predicted octanol–water partition coefficient (Wildman–Crippen LogP) is 8.32. The molecule has 0 N–H and O–H groups in total. The van der Waals surface area contributed by atoms with Gasteiger partial charge in [-0.3, -0.25) is 0 Å². The van der Waals surface area contributed by atoms with Crippen LogP contribution in [0.5, 0.6) is 11.5 Å². The van der Waals surface area contributed by atoms with Gasteiger partial charge in [0.15, 0.2) is 11.6 Å². The van der Waals surface area contributed by atoms with Crippen LogP contribution in [0.15, 0.2) is 54.6 Å². The van der Waals surface area contributed by atoms with Gasteiger partial charge in [0.1, 0.15) is 23.2 Å². The van der Waals surface area contributed by atoms with Crippen LogP contribution < -0.4 is 9.47 Å². The Kier molecular flexibility index (Phi) is 8.84. The van der Waals surface area contributed by atoms with Gasteiger partial charge in [0.25, 0.3) is 0 Å². The number of rotatable bonds is 7. The molecule has 39 heavy (non-hydrogen) atoms. The Morgan fingerprint density at radius 1 is 0.744 bits per heavy atom. The molecule has 12 heteroatoms. The van der Waals surface area contributed by atoms with E-state index < -0.39 is 69.7 Å². The number of benzene rings is 3. The molecule has 3 aromatic carbocycles. The minimum atomic E-state index is -5.39. The molecule has 0 unspecified atom stereocenters. The van der Waals surface area contributed by atoms with Gasteiger partial charge in [-0.05, 0) is 49.6 Å². The molecule has 3 aromatic rings. The van der Waals surface area contributed by atoms with E-state index in [1.807, 2.05) is 11.8 Å². The quantitative estimate of drug-likeness (QED) is 0.164. The Morgan fingerprint density at radius 2 is 1.36 bits per heavy atom. The van der Waals surface area contributed by atoms with Gasteiger partial charge in [0, 0.05) is 17.7 Å². The number of hydrogen-bond donors (Lipinski definition) is 0. The van der Waals surface area contributed by atoms with Gasteiger partial charge in [-0.15, -0.1) is 13.2 Å². The zero-order valence-corrected chi connectivity index (χ0v) is 19.7. The summed E-state index contributed by atoms with van der Waals surface area (Å²) >= 11 is 0. The molecular formula is C27H16F10O2. The molecule has 0 spiro atoms. The number of hydrogen-bond acceptors (Lipinski definition) is 2. The van der Waals surface area contributed by atoms with E-state index in [0.29, 0.717) is 42.7 Å². The van der Waals surface area contributed by atoms with Gasteiger partial charge >= 0.3 is 12.5 Å². The largest absolute Gasteiger partial charge is 0.573 e. The summed E-state index contributed by atoms with van der Waals surface area (Å²) in [6, 6.07) is 4.24. The normalized spacial score (nSPS) is 11.9. The third-order valence-corrected chi connectivity index (χ3v) is 4.99. The molecule has 2 nitrogen and oxygen atoms in total. The number of halogens is 10. The Bertz CT molecular complexity index is 1400. The highest BCUT2D eigenvalue weighted by atomic mass is 19.4. The van der Waals surface area contributed by atoms with Crippen molar-refractivity contribution in [2.24, 2.45) is 0 Å². The summed E-state index contributed by atoms with van der Waals surface area (Å²) < 4.78 is 144. The number of ether oxygens (including phenoxy) is 2. The van der Waals surface area contributed by atoms with Crippen molar-refractivity contribution in [1.29, 1.82) is 0 Å². The highest BCUT2D eigenvalue weighted by Gasteiger charge is 2.38. The SMILES string of the molecule is C/C=C/CCc1ccc(C(F)(F)Oc2cc(F)c(C#Cc3cc(F)c(OC(F)(F)F)c(F)c3)c(F)c2)c(F)c1. The van der Waals surface area contributed by atoms with E-state index in [9.17, 15) is 43.9 Å². The van der Waals surface area contributed by atoms with E-state index in [4.69, 9.17) is 0 Å². The first-order valence-electron chi connectivity index (χ1n) is 10.9. The molecule has 0 fully saturated rings. The van der Waals surface area contributed by atoms with Crippen molar-refractivity contribution in [3.63, 3.8) is 0 Å². The van der Waals surface area contributed by atoms with Crippen molar-refractivity contribution >= 4 is 0 Å². The molecule has 0 heterocycles. The zero-order valence-electron chi connectivity index (χ0n) is 19.7. The molecule has 0 aliphatic rings. The van der Waals surface area contributed by atoms with Crippen LogP contribution in [0.25, 0.3) is 0 Å². The first kappa shape index (κ1) is 29.4. The van der Waals surface area contributed by atoms with E-state index in [-0.39, 0.29) is 0 Å². The van der Waals surface area contributed by atoms with E-state index in [2.05, 4.69) is 9.47 Å². The highest BCUT2D eigenvalue weighted by molar-refractivity contribution is 5.48. The third kappa shape index (κ3) is 7.69. The Hall–Kier alpha value is -4.14. The van der Waals surface area contributed by atoms with Crippen LogP contribution in [0.2, 0.25) is 0 Å². The van der Waals surface area contributed by atoms with Crippen LogP contribution in [0.3, 0.4) is 0 Å². The maximum Gasteiger partial charge on any atom is 0.573 e. The van der Waals surface area contributed by atoms with E-state index in [1.54, 1.807) is 19.1 Å². The summed E-state index contributed by atoms with van der Waals surface area (Å²) in [5.41, 5.74) is -2.38. The summed E-state index contributed by atoms with van der Waals surface area (Å²) in [5.74, 6) is -6.88. The second-order valence-corrected chi connectivity index (χ2v) is 7.87. The van der Waals surface area contributed by atoms with Gasteiger partial charge in [-0.1, -0.05) is 30.1 Å². The number of alkyl halides is 5. The molecule has 3 rings (SSSR count). The summed E-state index contributed by atoms with van der Waals surface area (Å²) in [6.45, 7) is 1.79. The molecule has 0 amide bonds. The highest BCUT2D eigenvalue weighted by Crippen LogP contribution is 2.35. The van der Waals surface area contributed by atoms with Gasteiger partial charge < -0.3 is 9.47 Å². The summed E-state index contributed by atoms with van der Waals surface area (Å²) in [6.07, 6.45) is -5.19. The third-order valence-electron chi connectivity index (χ3n) is 4.99. The molecule has 0 aromatic heterocycles. The van der Waals surface area contributed by atoms with E-state index in [1.165, 1.54) is 6.07 Å². The fraction of sp³-hybridized carbons (Fsp3) is 0.185. The molecule has 0 saturated carbocycles. The summed E-state index contributed by atoms with van der Waals surface area (Å²) in [4.78, 5) is 0. The lowest BCUT2D eigenvalue weighted by molar-refractivity contribution is -0.276. The van der Waals surface area contributed by atoms with Crippen molar-refractivity contribution in [2.45, 2.75) is 32.2 Å². The fourth-order valence-electron chi connectivity index (χ4n) is 3.28. The minimum Gasteiger partial charge on any atom is -0.429 e. The van der Waals surface area contributed by atoms with Crippen molar-refractivity contribution in [3.8, 4) is 23.3 Å². The topological polar surface area (TPSA) is 18.5 Å². The summed E-state index contributed by atoms with van der Waals surface area (Å²) in [7, 11) is 0. The fourth-order valence-corrected chi connectivity index (χ4v) is 3.28.